The van der Waals surface area contributed by atoms with Crippen LogP contribution in [0.1, 0.15) is 23.1 Å². The van der Waals surface area contributed by atoms with Gasteiger partial charge in [0.15, 0.2) is 5.96 Å². The van der Waals surface area contributed by atoms with Gasteiger partial charge in [-0.15, -0.1) is 24.0 Å². The molecule has 0 radical (unpaired) electrons. The number of aliphatic imine (C=N–C) groups is 1. The summed E-state index contributed by atoms with van der Waals surface area (Å²) >= 11 is 0. The molecule has 1 aliphatic rings. The number of nitrogens with one attached hydrogen (secondary N) is 2. The normalized spacial score (nSPS) is 13.4. The summed E-state index contributed by atoms with van der Waals surface area (Å²) in [5.74, 6) is 0.899. The van der Waals surface area contributed by atoms with Gasteiger partial charge in [-0.05, 0) is 23.1 Å². The summed E-state index contributed by atoms with van der Waals surface area (Å²) in [6.45, 7) is 3.91. The van der Waals surface area contributed by atoms with Crippen LogP contribution in [-0.2, 0) is 24.5 Å². The van der Waals surface area contributed by atoms with E-state index in [2.05, 4.69) is 52.0 Å². The van der Waals surface area contributed by atoms with Crippen molar-refractivity contribution in [2.45, 2.75) is 26.2 Å². The highest BCUT2D eigenvalue weighted by molar-refractivity contribution is 14.0. The van der Waals surface area contributed by atoms with E-state index < -0.39 is 0 Å². The topological polar surface area (TPSA) is 45.6 Å². The maximum absolute atomic E-state index is 5.86. The van der Waals surface area contributed by atoms with Gasteiger partial charge in [-0.3, -0.25) is 4.99 Å². The van der Waals surface area contributed by atoms with E-state index in [0.29, 0.717) is 13.2 Å². The highest BCUT2D eigenvalue weighted by atomic mass is 127. The number of halogens is 1. The quantitative estimate of drug-likeness (QED) is 0.681. The summed E-state index contributed by atoms with van der Waals surface area (Å²) < 4.78 is 5.86. The molecule has 2 N–H and O–H groups in total. The maximum Gasteiger partial charge on any atom is 0.191 e. The number of guanidine groups is 1. The number of hydrogen-bond donors (Lipinski definition) is 2. The lowest BCUT2D eigenvalue weighted by molar-refractivity contribution is 0.106. The van der Waals surface area contributed by atoms with E-state index in [1.165, 1.54) is 16.7 Å². The average Bonchev–Trinajstić information content (AvgIpc) is 2.63. The third kappa shape index (κ3) is 5.79. The van der Waals surface area contributed by atoms with E-state index in [4.69, 9.17) is 4.74 Å². The Balaban J connectivity index is 0.00000208. The summed E-state index contributed by atoms with van der Waals surface area (Å²) in [6.07, 6.45) is 1.11. The molecule has 128 valence electrons. The molecule has 0 atom stereocenters. The third-order valence-electron chi connectivity index (χ3n) is 3.83. The van der Waals surface area contributed by atoms with Crippen LogP contribution in [-0.4, -0.2) is 19.0 Å². The molecule has 2 aromatic carbocycles. The number of benzene rings is 2. The van der Waals surface area contributed by atoms with Gasteiger partial charge in [0.05, 0.1) is 13.2 Å². The lowest BCUT2D eigenvalue weighted by Crippen LogP contribution is -2.40. The van der Waals surface area contributed by atoms with Crippen molar-refractivity contribution in [3.05, 3.63) is 71.3 Å². The van der Waals surface area contributed by atoms with Gasteiger partial charge in [0.25, 0.3) is 0 Å². The fraction of sp³-hybridized carbons (Fsp3) is 0.316. The average molecular weight is 437 g/mol. The Morgan fingerprint density at radius 1 is 0.958 bits per heavy atom. The molecular formula is C19H24IN3O. The van der Waals surface area contributed by atoms with Gasteiger partial charge in [0.2, 0.25) is 0 Å². The fourth-order valence-electron chi connectivity index (χ4n) is 2.55. The summed E-state index contributed by atoms with van der Waals surface area (Å²) in [5.41, 5.74) is 3.66. The predicted molar refractivity (Wildman–Crippen MR) is 109 cm³/mol. The number of hydrogen-bond acceptors (Lipinski definition) is 4. The highest BCUT2D eigenvalue weighted by Crippen LogP contribution is 2.11. The standard InChI is InChI=1S/C19H23N3O.HI/c1-2-7-16(8-3-1)14-23-15-18-10-5-4-9-17(18)13-22-19-20-11-6-12-21-19;/h1-5,7-10H,6,11-15H2,(H2,20,21,22);1H. The number of rotatable bonds is 6. The van der Waals surface area contributed by atoms with Crippen LogP contribution in [0.3, 0.4) is 0 Å². The molecule has 0 saturated heterocycles. The first-order valence-corrected chi connectivity index (χ1v) is 8.12. The fourth-order valence-corrected chi connectivity index (χ4v) is 2.55. The molecule has 24 heavy (non-hydrogen) atoms. The van der Waals surface area contributed by atoms with Gasteiger partial charge < -0.3 is 15.4 Å². The van der Waals surface area contributed by atoms with Crippen LogP contribution in [0, 0.1) is 0 Å². The second kappa shape index (κ2) is 10.3. The van der Waals surface area contributed by atoms with Crippen molar-refractivity contribution in [1.29, 1.82) is 0 Å². The van der Waals surface area contributed by atoms with Crippen molar-refractivity contribution in [3.63, 3.8) is 0 Å². The highest BCUT2D eigenvalue weighted by Gasteiger charge is 2.06. The van der Waals surface area contributed by atoms with Gasteiger partial charge in [0.1, 0.15) is 0 Å². The Morgan fingerprint density at radius 3 is 2.46 bits per heavy atom. The molecule has 5 heteroatoms. The van der Waals surface area contributed by atoms with Crippen LogP contribution in [0.15, 0.2) is 59.6 Å². The Hall–Kier alpha value is -1.60. The lowest BCUT2D eigenvalue weighted by Gasteiger charge is -2.17. The van der Waals surface area contributed by atoms with E-state index in [1.807, 2.05) is 18.2 Å². The molecule has 0 aromatic heterocycles. The van der Waals surface area contributed by atoms with Crippen LogP contribution < -0.4 is 10.6 Å². The van der Waals surface area contributed by atoms with E-state index in [1.54, 1.807) is 0 Å². The molecule has 1 heterocycles. The Morgan fingerprint density at radius 2 is 1.71 bits per heavy atom. The van der Waals surface area contributed by atoms with Crippen molar-refractivity contribution in [1.82, 2.24) is 10.6 Å². The zero-order valence-electron chi connectivity index (χ0n) is 13.7. The van der Waals surface area contributed by atoms with E-state index >= 15 is 0 Å². The van der Waals surface area contributed by atoms with E-state index in [9.17, 15) is 0 Å². The molecule has 1 aliphatic heterocycles. The molecule has 0 fully saturated rings. The van der Waals surface area contributed by atoms with Crippen molar-refractivity contribution in [2.75, 3.05) is 13.1 Å². The molecule has 3 rings (SSSR count). The van der Waals surface area contributed by atoms with E-state index in [0.717, 1.165) is 32.0 Å². The molecule has 0 spiro atoms. The van der Waals surface area contributed by atoms with Crippen molar-refractivity contribution >= 4 is 29.9 Å². The largest absolute Gasteiger partial charge is 0.372 e. The summed E-state index contributed by atoms with van der Waals surface area (Å²) in [4.78, 5) is 4.44. The SMILES string of the molecule is I.c1ccc(COCc2ccccc2CNC2=NCCCN2)cc1. The monoisotopic (exact) mass is 437 g/mol. The minimum absolute atomic E-state index is 0. The zero-order valence-corrected chi connectivity index (χ0v) is 16.0. The van der Waals surface area contributed by atoms with Crippen LogP contribution in [0.4, 0.5) is 0 Å². The summed E-state index contributed by atoms with van der Waals surface area (Å²) in [7, 11) is 0. The Bertz CT molecular complexity index is 646. The first-order valence-electron chi connectivity index (χ1n) is 8.12. The zero-order chi connectivity index (χ0) is 15.7. The molecule has 0 bridgehead atoms. The minimum Gasteiger partial charge on any atom is -0.372 e. The van der Waals surface area contributed by atoms with Crippen molar-refractivity contribution in [3.8, 4) is 0 Å². The second-order valence-electron chi connectivity index (χ2n) is 5.61. The van der Waals surface area contributed by atoms with Gasteiger partial charge in [-0.2, -0.15) is 0 Å². The van der Waals surface area contributed by atoms with Gasteiger partial charge in [-0.1, -0.05) is 54.6 Å². The van der Waals surface area contributed by atoms with Crippen LogP contribution >= 0.6 is 24.0 Å². The van der Waals surface area contributed by atoms with Gasteiger partial charge >= 0.3 is 0 Å². The molecule has 0 aliphatic carbocycles. The third-order valence-corrected chi connectivity index (χ3v) is 3.83. The van der Waals surface area contributed by atoms with Crippen LogP contribution in [0.25, 0.3) is 0 Å². The molecule has 0 saturated carbocycles. The molecule has 4 nitrogen and oxygen atoms in total. The maximum atomic E-state index is 5.86. The lowest BCUT2D eigenvalue weighted by atomic mass is 10.1. The van der Waals surface area contributed by atoms with Crippen LogP contribution in [0.2, 0.25) is 0 Å². The summed E-state index contributed by atoms with van der Waals surface area (Å²) in [6, 6.07) is 18.6. The molecule has 0 amide bonds. The second-order valence-corrected chi connectivity index (χ2v) is 5.61. The summed E-state index contributed by atoms with van der Waals surface area (Å²) in [5, 5.41) is 6.65. The van der Waals surface area contributed by atoms with Crippen molar-refractivity contribution < 1.29 is 4.74 Å². The Labute approximate surface area is 160 Å². The minimum atomic E-state index is 0. The smallest absolute Gasteiger partial charge is 0.191 e. The molecular weight excluding hydrogens is 413 g/mol. The molecule has 0 unspecified atom stereocenters. The number of ether oxygens (including phenoxy) is 1. The van der Waals surface area contributed by atoms with E-state index in [-0.39, 0.29) is 24.0 Å². The van der Waals surface area contributed by atoms with Gasteiger partial charge in [0, 0.05) is 19.6 Å². The van der Waals surface area contributed by atoms with Gasteiger partial charge in [-0.25, -0.2) is 0 Å². The first kappa shape index (κ1) is 18.7. The Kier molecular flexibility index (Phi) is 8.04. The van der Waals surface area contributed by atoms with Crippen molar-refractivity contribution in [2.24, 2.45) is 4.99 Å². The number of nitrogens with zero attached hydrogens (tertiary/aromatic N) is 1. The first-order chi connectivity index (χ1) is 11.4. The predicted octanol–water partition coefficient (Wildman–Crippen LogP) is 3.46. The van der Waals surface area contributed by atoms with Crippen LogP contribution in [0.5, 0.6) is 0 Å². The molecule has 2 aromatic rings.